The quantitative estimate of drug-likeness (QED) is 0.106. The van der Waals surface area contributed by atoms with Crippen molar-refractivity contribution in [3.05, 3.63) is 119 Å². The molecule has 2 saturated heterocycles. The monoisotopic (exact) mass is 870 g/mol. The summed E-state index contributed by atoms with van der Waals surface area (Å²) in [4.78, 5) is 71.6. The lowest BCUT2D eigenvalue weighted by Gasteiger charge is -2.29. The Labute approximate surface area is 367 Å². The lowest BCUT2D eigenvalue weighted by molar-refractivity contribution is -0.135. The molecule has 64 heavy (non-hydrogen) atoms. The predicted molar refractivity (Wildman–Crippen MR) is 234 cm³/mol. The topological polar surface area (TPSA) is 175 Å². The van der Waals surface area contributed by atoms with Crippen LogP contribution in [0.15, 0.2) is 91.1 Å². The van der Waals surface area contributed by atoms with Crippen LogP contribution in [0, 0.1) is 5.92 Å². The van der Waals surface area contributed by atoms with Gasteiger partial charge in [-0.15, -0.1) is 0 Å². The summed E-state index contributed by atoms with van der Waals surface area (Å²) in [6.07, 6.45) is 3.01. The van der Waals surface area contributed by atoms with E-state index in [1.54, 1.807) is 64.5 Å². The number of halogens is 2. The Kier molecular flexibility index (Phi) is 11.1. The standard InChI is InChI=1S/C48H48F2N8O6/c1-26(2)40(55-46(61)63-3)44(59)58-21-9-13-39(58)43-52-35-19-16-29(24-36(35)53-43)28-14-17-31-32-18-15-30(23-34(32)48(49,50)33(31)22-28)37-25-51-42(54-37)38-12-8-20-57(38)45(60)41(56-47(62)64-4)27-10-6-5-7-11-27/h5-7,10-11,14-19,22-26,38-41H,8-9,12-13,20-21H2,1-4H3,(H,51,54)(H,52,53)(H,55,61)(H,56,62)/t38-,39-,40-,41+/m0/s1. The molecule has 6 aromatic rings. The van der Waals surface area contributed by atoms with Crippen LogP contribution in [0.2, 0.25) is 0 Å². The summed E-state index contributed by atoms with van der Waals surface area (Å²) in [5, 5.41) is 5.34. The third-order valence-electron chi connectivity index (χ3n) is 12.7. The van der Waals surface area contributed by atoms with Crippen molar-refractivity contribution in [2.24, 2.45) is 5.92 Å². The fraction of sp³-hybridized carbons (Fsp3) is 0.333. The molecule has 330 valence electrons. The van der Waals surface area contributed by atoms with Crippen LogP contribution in [-0.2, 0) is 25.0 Å². The third kappa shape index (κ3) is 7.60. The number of H-pyrrole nitrogens is 2. The second-order valence-corrected chi connectivity index (χ2v) is 16.8. The summed E-state index contributed by atoms with van der Waals surface area (Å²) in [7, 11) is 2.50. The minimum atomic E-state index is -3.30. The van der Waals surface area contributed by atoms with Gasteiger partial charge in [0.05, 0.1) is 49.2 Å². The van der Waals surface area contributed by atoms with Crippen molar-refractivity contribution in [2.45, 2.75) is 69.6 Å². The highest BCUT2D eigenvalue weighted by Gasteiger charge is 2.45. The number of benzene rings is 4. The number of aromatic amines is 2. The third-order valence-corrected chi connectivity index (χ3v) is 12.7. The first kappa shape index (κ1) is 42.2. The second kappa shape index (κ2) is 16.9. The Morgan fingerprint density at radius 2 is 1.33 bits per heavy atom. The van der Waals surface area contributed by atoms with Gasteiger partial charge < -0.3 is 39.9 Å². The van der Waals surface area contributed by atoms with Crippen molar-refractivity contribution >= 4 is 35.0 Å². The van der Waals surface area contributed by atoms with Gasteiger partial charge in [-0.05, 0) is 83.7 Å². The molecule has 9 rings (SSSR count). The zero-order valence-corrected chi connectivity index (χ0v) is 35.8. The van der Waals surface area contributed by atoms with E-state index in [0.29, 0.717) is 88.5 Å². The van der Waals surface area contributed by atoms with Crippen molar-refractivity contribution in [3.8, 4) is 33.5 Å². The SMILES string of the molecule is COC(=O)N[C@H](C(=O)N1CCC[C@H]1c1nc2ccc(-c3ccc4c(c3)C(F)(F)c3cc(-c5cnc([C@@H]6CCCN6C(=O)[C@H](NC(=O)OC)c6ccccc6)[nH]5)ccc3-4)cc2[nH]1)C(C)C. The van der Waals surface area contributed by atoms with Crippen molar-refractivity contribution < 1.29 is 37.4 Å². The molecule has 0 saturated carbocycles. The Morgan fingerprint density at radius 3 is 2.00 bits per heavy atom. The second-order valence-electron chi connectivity index (χ2n) is 16.8. The van der Waals surface area contributed by atoms with E-state index in [4.69, 9.17) is 14.5 Å². The molecule has 4 aromatic carbocycles. The number of alkyl halides is 2. The number of nitrogens with one attached hydrogen (secondary N) is 4. The predicted octanol–water partition coefficient (Wildman–Crippen LogP) is 8.55. The van der Waals surface area contributed by atoms with Crippen LogP contribution in [0.5, 0.6) is 0 Å². The van der Waals surface area contributed by atoms with Gasteiger partial charge in [0.25, 0.3) is 11.8 Å². The van der Waals surface area contributed by atoms with E-state index in [1.165, 1.54) is 20.3 Å². The summed E-state index contributed by atoms with van der Waals surface area (Å²) in [5.41, 5.74) is 5.07. The molecule has 0 radical (unpaired) electrons. The van der Waals surface area contributed by atoms with E-state index in [1.807, 2.05) is 44.2 Å². The van der Waals surface area contributed by atoms with Crippen molar-refractivity contribution in [2.75, 3.05) is 27.3 Å². The van der Waals surface area contributed by atoms with Gasteiger partial charge in [-0.1, -0.05) is 74.5 Å². The molecule has 1 aliphatic carbocycles. The molecule has 0 unspecified atom stereocenters. The number of aromatic nitrogens is 4. The molecule has 4 atom stereocenters. The fourth-order valence-electron chi connectivity index (χ4n) is 9.37. The highest BCUT2D eigenvalue weighted by Crippen LogP contribution is 2.53. The number of hydrogen-bond acceptors (Lipinski definition) is 8. The van der Waals surface area contributed by atoms with Crippen LogP contribution in [0.25, 0.3) is 44.5 Å². The summed E-state index contributed by atoms with van der Waals surface area (Å²) < 4.78 is 42.7. The number of ether oxygens (including phenoxy) is 2. The van der Waals surface area contributed by atoms with E-state index in [0.717, 1.165) is 12.0 Å². The van der Waals surface area contributed by atoms with Gasteiger partial charge >= 0.3 is 12.2 Å². The zero-order chi connectivity index (χ0) is 44.9. The Hall–Kier alpha value is -7.10. The summed E-state index contributed by atoms with van der Waals surface area (Å²) >= 11 is 0. The fourth-order valence-corrected chi connectivity index (χ4v) is 9.37. The van der Waals surface area contributed by atoms with Gasteiger partial charge in [0.15, 0.2) is 0 Å². The number of fused-ring (bicyclic) bond motifs is 4. The van der Waals surface area contributed by atoms with Gasteiger partial charge in [-0.2, -0.15) is 8.78 Å². The molecule has 16 heteroatoms. The molecule has 4 N–H and O–H groups in total. The number of imidazole rings is 2. The van der Waals surface area contributed by atoms with E-state index in [-0.39, 0.29) is 34.9 Å². The Bertz CT molecular complexity index is 2770. The number of hydrogen-bond donors (Lipinski definition) is 4. The molecule has 2 aromatic heterocycles. The van der Waals surface area contributed by atoms with Gasteiger partial charge in [-0.25, -0.2) is 19.6 Å². The lowest BCUT2D eigenvalue weighted by atomic mass is 9.98. The van der Waals surface area contributed by atoms with Crippen LogP contribution in [0.3, 0.4) is 0 Å². The number of nitrogens with zero attached hydrogens (tertiary/aromatic N) is 4. The maximum absolute atomic E-state index is 16.6. The molecule has 14 nitrogen and oxygen atoms in total. The summed E-state index contributed by atoms with van der Waals surface area (Å²) in [6, 6.07) is 22.2. The maximum Gasteiger partial charge on any atom is 0.407 e. The largest absolute Gasteiger partial charge is 0.453 e. The summed E-state index contributed by atoms with van der Waals surface area (Å²) in [6.45, 7) is 4.70. The number of alkyl carbamates (subject to hydrolysis) is 2. The first-order valence-electron chi connectivity index (χ1n) is 21.4. The van der Waals surface area contributed by atoms with Crippen molar-refractivity contribution in [1.82, 2.24) is 40.4 Å². The van der Waals surface area contributed by atoms with Crippen LogP contribution < -0.4 is 10.6 Å². The van der Waals surface area contributed by atoms with Gasteiger partial charge in [0.1, 0.15) is 23.7 Å². The van der Waals surface area contributed by atoms with Crippen molar-refractivity contribution in [3.63, 3.8) is 0 Å². The average molecular weight is 871 g/mol. The molecular weight excluding hydrogens is 823 g/mol. The number of amides is 4. The first-order valence-corrected chi connectivity index (χ1v) is 21.4. The van der Waals surface area contributed by atoms with Crippen LogP contribution in [0.4, 0.5) is 18.4 Å². The molecular formula is C48H48F2N8O6. The van der Waals surface area contributed by atoms with Crippen LogP contribution in [-0.4, -0.2) is 87.1 Å². The van der Waals surface area contributed by atoms with Gasteiger partial charge in [0, 0.05) is 29.8 Å². The number of carbonyl (C=O) groups excluding carboxylic acids is 4. The first-order chi connectivity index (χ1) is 30.9. The number of methoxy groups -OCH3 is 2. The van der Waals surface area contributed by atoms with E-state index < -0.39 is 36.2 Å². The highest BCUT2D eigenvalue weighted by atomic mass is 19.3. The van der Waals surface area contributed by atoms with E-state index in [2.05, 4.69) is 25.6 Å². The van der Waals surface area contributed by atoms with E-state index in [9.17, 15) is 19.2 Å². The van der Waals surface area contributed by atoms with Crippen molar-refractivity contribution in [1.29, 1.82) is 0 Å². The summed E-state index contributed by atoms with van der Waals surface area (Å²) in [5.74, 6) is -2.84. The number of carbonyl (C=O) groups is 4. The smallest absolute Gasteiger partial charge is 0.407 e. The Balaban J connectivity index is 0.938. The number of rotatable bonds is 10. The number of likely N-dealkylation sites (tertiary alicyclic amines) is 2. The van der Waals surface area contributed by atoms with Gasteiger partial charge in [0.2, 0.25) is 5.91 Å². The molecule has 4 amide bonds. The molecule has 0 bridgehead atoms. The molecule has 2 fully saturated rings. The Morgan fingerprint density at radius 1 is 0.734 bits per heavy atom. The van der Waals surface area contributed by atoms with Gasteiger partial charge in [-0.3, -0.25) is 9.59 Å². The normalized spacial score (nSPS) is 18.4. The minimum absolute atomic E-state index is 0.0955. The molecule has 4 heterocycles. The highest BCUT2D eigenvalue weighted by molar-refractivity contribution is 5.89. The minimum Gasteiger partial charge on any atom is -0.453 e. The lowest BCUT2D eigenvalue weighted by Crippen LogP contribution is -2.51. The average Bonchev–Trinajstić information content (AvgIpc) is 4.17. The van der Waals surface area contributed by atoms with Crippen LogP contribution >= 0.6 is 0 Å². The molecule has 2 aliphatic heterocycles. The molecule has 3 aliphatic rings. The maximum atomic E-state index is 16.6. The zero-order valence-electron chi connectivity index (χ0n) is 35.8. The van der Waals surface area contributed by atoms with E-state index >= 15 is 8.78 Å². The molecule has 0 spiro atoms. The van der Waals surface area contributed by atoms with Crippen LogP contribution in [0.1, 0.15) is 86.0 Å².